The number of nitrogens with two attached hydrogens (primary N) is 1. The van der Waals surface area contributed by atoms with Gasteiger partial charge in [-0.1, -0.05) is 0 Å². The maximum atomic E-state index is 6.17. The van der Waals surface area contributed by atoms with Gasteiger partial charge in [-0.15, -0.1) is 0 Å². The van der Waals surface area contributed by atoms with E-state index in [-0.39, 0.29) is 12.1 Å². The molecule has 1 saturated carbocycles. The second-order valence-electron chi connectivity index (χ2n) is 4.26. The fraction of sp³-hybridized carbons (Fsp3) is 0.667. The van der Waals surface area contributed by atoms with Crippen LogP contribution >= 0.6 is 0 Å². The lowest BCUT2D eigenvalue weighted by molar-refractivity contribution is 0.0287. The summed E-state index contributed by atoms with van der Waals surface area (Å²) in [5, 5.41) is 0. The monoisotopic (exact) mass is 209 g/mol. The Morgan fingerprint density at radius 2 is 2.40 bits per heavy atom. The Balaban J connectivity index is 1.89. The summed E-state index contributed by atoms with van der Waals surface area (Å²) in [6.45, 7) is 2.78. The lowest BCUT2D eigenvalue weighted by Gasteiger charge is -2.23. The van der Waals surface area contributed by atoms with Gasteiger partial charge in [0.05, 0.1) is 18.6 Å². The molecular weight excluding hydrogens is 190 g/mol. The van der Waals surface area contributed by atoms with Gasteiger partial charge in [-0.2, -0.15) is 0 Å². The number of ether oxygens (including phenoxy) is 1. The van der Waals surface area contributed by atoms with Gasteiger partial charge in [0.25, 0.3) is 0 Å². The molecule has 0 radical (unpaired) electrons. The summed E-state index contributed by atoms with van der Waals surface area (Å²) in [5.41, 5.74) is 7.33. The maximum absolute atomic E-state index is 6.17. The van der Waals surface area contributed by atoms with E-state index in [0.717, 1.165) is 18.6 Å². The standard InChI is InChI=1S/C12H19NO2/c1-2-15-12(10-3-4-10)11(13)7-9-5-6-14-8-9/h5-6,8,10-12H,2-4,7,13H2,1H3. The van der Waals surface area contributed by atoms with Crippen LogP contribution < -0.4 is 5.73 Å². The van der Waals surface area contributed by atoms with Gasteiger partial charge in [0.2, 0.25) is 0 Å². The van der Waals surface area contributed by atoms with Crippen LogP contribution in [0.15, 0.2) is 23.0 Å². The molecule has 0 spiro atoms. The zero-order valence-corrected chi connectivity index (χ0v) is 9.19. The molecular formula is C12H19NO2. The normalized spacial score (nSPS) is 20.1. The van der Waals surface area contributed by atoms with Crippen molar-refractivity contribution in [3.05, 3.63) is 24.2 Å². The van der Waals surface area contributed by atoms with Crippen LogP contribution in [0.3, 0.4) is 0 Å². The largest absolute Gasteiger partial charge is 0.472 e. The van der Waals surface area contributed by atoms with Gasteiger partial charge in [0, 0.05) is 12.6 Å². The molecule has 1 heterocycles. The van der Waals surface area contributed by atoms with Gasteiger partial charge in [0.15, 0.2) is 0 Å². The smallest absolute Gasteiger partial charge is 0.0935 e. The van der Waals surface area contributed by atoms with Crippen molar-refractivity contribution in [1.82, 2.24) is 0 Å². The van der Waals surface area contributed by atoms with Crippen molar-refractivity contribution < 1.29 is 9.15 Å². The highest BCUT2D eigenvalue weighted by Crippen LogP contribution is 2.36. The first kappa shape index (κ1) is 10.7. The van der Waals surface area contributed by atoms with Crippen LogP contribution in [0.2, 0.25) is 0 Å². The van der Waals surface area contributed by atoms with Gasteiger partial charge in [-0.05, 0) is 43.7 Å². The zero-order valence-electron chi connectivity index (χ0n) is 9.19. The zero-order chi connectivity index (χ0) is 10.7. The maximum Gasteiger partial charge on any atom is 0.0935 e. The molecule has 1 aromatic heterocycles. The molecule has 1 aromatic rings. The third kappa shape index (κ3) is 2.83. The highest BCUT2D eigenvalue weighted by molar-refractivity contribution is 5.08. The topological polar surface area (TPSA) is 48.4 Å². The number of rotatable bonds is 6. The van der Waals surface area contributed by atoms with E-state index in [4.69, 9.17) is 14.9 Å². The molecule has 1 aliphatic rings. The van der Waals surface area contributed by atoms with Crippen molar-refractivity contribution in [2.75, 3.05) is 6.61 Å². The van der Waals surface area contributed by atoms with Crippen LogP contribution in [-0.4, -0.2) is 18.8 Å². The van der Waals surface area contributed by atoms with Gasteiger partial charge in [-0.3, -0.25) is 0 Å². The fourth-order valence-electron chi connectivity index (χ4n) is 2.02. The molecule has 3 nitrogen and oxygen atoms in total. The van der Waals surface area contributed by atoms with Crippen LogP contribution in [-0.2, 0) is 11.2 Å². The van der Waals surface area contributed by atoms with Crippen LogP contribution in [0.1, 0.15) is 25.3 Å². The van der Waals surface area contributed by atoms with Crippen LogP contribution in [0.4, 0.5) is 0 Å². The molecule has 84 valence electrons. The number of furan rings is 1. The first-order chi connectivity index (χ1) is 7.31. The summed E-state index contributed by atoms with van der Waals surface area (Å²) in [7, 11) is 0. The molecule has 2 unspecified atom stereocenters. The van der Waals surface area contributed by atoms with E-state index in [1.54, 1.807) is 12.5 Å². The Labute approximate surface area is 90.6 Å². The third-order valence-corrected chi connectivity index (χ3v) is 2.92. The molecule has 2 N–H and O–H groups in total. The minimum Gasteiger partial charge on any atom is -0.472 e. The van der Waals surface area contributed by atoms with E-state index in [1.165, 1.54) is 12.8 Å². The van der Waals surface area contributed by atoms with Gasteiger partial charge >= 0.3 is 0 Å². The number of hydrogen-bond acceptors (Lipinski definition) is 3. The van der Waals surface area contributed by atoms with E-state index >= 15 is 0 Å². The van der Waals surface area contributed by atoms with Gasteiger partial charge < -0.3 is 14.9 Å². The van der Waals surface area contributed by atoms with Crippen molar-refractivity contribution in [1.29, 1.82) is 0 Å². The van der Waals surface area contributed by atoms with E-state index in [0.29, 0.717) is 5.92 Å². The van der Waals surface area contributed by atoms with Crippen molar-refractivity contribution >= 4 is 0 Å². The van der Waals surface area contributed by atoms with E-state index < -0.39 is 0 Å². The SMILES string of the molecule is CCOC(C(N)Cc1ccoc1)C1CC1. The molecule has 3 heteroatoms. The van der Waals surface area contributed by atoms with Crippen LogP contribution in [0.25, 0.3) is 0 Å². The molecule has 0 bridgehead atoms. The molecule has 0 saturated heterocycles. The molecule has 1 fully saturated rings. The third-order valence-electron chi connectivity index (χ3n) is 2.92. The minimum atomic E-state index is 0.0926. The Kier molecular flexibility index (Phi) is 3.44. The summed E-state index contributed by atoms with van der Waals surface area (Å²) in [6.07, 6.45) is 7.06. The summed E-state index contributed by atoms with van der Waals surface area (Å²) in [5.74, 6) is 0.687. The molecule has 0 amide bonds. The molecule has 0 aliphatic heterocycles. The molecule has 1 aliphatic carbocycles. The Morgan fingerprint density at radius 3 is 2.93 bits per heavy atom. The van der Waals surface area contributed by atoms with E-state index in [1.807, 2.05) is 13.0 Å². The lowest BCUT2D eigenvalue weighted by atomic mass is 10.0. The highest BCUT2D eigenvalue weighted by Gasteiger charge is 2.35. The average molecular weight is 209 g/mol. The predicted octanol–water partition coefficient (Wildman–Crippen LogP) is 1.96. The molecule has 2 atom stereocenters. The van der Waals surface area contributed by atoms with E-state index in [9.17, 15) is 0 Å². The Hall–Kier alpha value is -0.800. The van der Waals surface area contributed by atoms with Crippen molar-refractivity contribution in [2.45, 2.75) is 38.3 Å². The molecule has 2 rings (SSSR count). The first-order valence-electron chi connectivity index (χ1n) is 5.69. The summed E-state index contributed by atoms with van der Waals surface area (Å²) in [4.78, 5) is 0. The number of hydrogen-bond donors (Lipinski definition) is 1. The second kappa shape index (κ2) is 4.81. The average Bonchev–Trinajstić information content (AvgIpc) is 2.93. The fourth-order valence-corrected chi connectivity index (χ4v) is 2.02. The van der Waals surface area contributed by atoms with Crippen molar-refractivity contribution in [3.8, 4) is 0 Å². The lowest BCUT2D eigenvalue weighted by Crippen LogP contribution is -2.40. The van der Waals surface area contributed by atoms with E-state index in [2.05, 4.69) is 0 Å². The summed E-state index contributed by atoms with van der Waals surface area (Å²) >= 11 is 0. The second-order valence-corrected chi connectivity index (χ2v) is 4.26. The summed E-state index contributed by atoms with van der Waals surface area (Å²) < 4.78 is 10.8. The van der Waals surface area contributed by atoms with Gasteiger partial charge in [0.1, 0.15) is 0 Å². The van der Waals surface area contributed by atoms with Crippen molar-refractivity contribution in [3.63, 3.8) is 0 Å². The quantitative estimate of drug-likeness (QED) is 0.779. The van der Waals surface area contributed by atoms with Gasteiger partial charge in [-0.25, -0.2) is 0 Å². The molecule has 0 aromatic carbocycles. The highest BCUT2D eigenvalue weighted by atomic mass is 16.5. The predicted molar refractivity (Wildman–Crippen MR) is 58.5 cm³/mol. The van der Waals surface area contributed by atoms with Crippen LogP contribution in [0, 0.1) is 5.92 Å². The minimum absolute atomic E-state index is 0.0926. The Morgan fingerprint density at radius 1 is 1.60 bits per heavy atom. The summed E-state index contributed by atoms with van der Waals surface area (Å²) in [6, 6.07) is 2.06. The van der Waals surface area contributed by atoms with Crippen molar-refractivity contribution in [2.24, 2.45) is 11.7 Å². The van der Waals surface area contributed by atoms with Crippen LogP contribution in [0.5, 0.6) is 0 Å². The Bertz CT molecular complexity index is 280. The first-order valence-corrected chi connectivity index (χ1v) is 5.69. The molecule has 15 heavy (non-hydrogen) atoms.